The number of benzene rings is 7. The van der Waals surface area contributed by atoms with Gasteiger partial charge in [0.15, 0.2) is 17.5 Å². The molecule has 3 aromatic heterocycles. The molecule has 0 atom stereocenters. The molecule has 51 heavy (non-hydrogen) atoms. The Balaban J connectivity index is 1.24. The van der Waals surface area contributed by atoms with E-state index in [9.17, 15) is 0 Å². The molecule has 7 aromatic carbocycles. The van der Waals surface area contributed by atoms with Crippen molar-refractivity contribution in [1.82, 2.24) is 19.9 Å². The second-order valence-electron chi connectivity index (χ2n) is 12.7. The summed E-state index contributed by atoms with van der Waals surface area (Å²) in [5.74, 6) is 1.73. The van der Waals surface area contributed by atoms with Gasteiger partial charge >= 0.3 is 0 Å². The zero-order valence-electron chi connectivity index (χ0n) is 27.4. The number of para-hydroxylation sites is 1. The number of aromatic nitrogens is 4. The monoisotopic (exact) mass is 652 g/mol. The molecule has 0 N–H and O–H groups in total. The maximum Gasteiger partial charge on any atom is 0.167 e. The highest BCUT2D eigenvalue weighted by Gasteiger charge is 2.21. The molecule has 5 nitrogen and oxygen atoms in total. The van der Waals surface area contributed by atoms with E-state index in [-0.39, 0.29) is 0 Å². The summed E-state index contributed by atoms with van der Waals surface area (Å²) >= 11 is 0. The van der Waals surface area contributed by atoms with Crippen molar-refractivity contribution in [2.75, 3.05) is 0 Å². The zero-order valence-corrected chi connectivity index (χ0v) is 27.4. The Morgan fingerprint density at radius 3 is 1.69 bits per heavy atom. The number of pyridine rings is 1. The van der Waals surface area contributed by atoms with Gasteiger partial charge in [0.1, 0.15) is 11.2 Å². The van der Waals surface area contributed by atoms with Crippen LogP contribution in [0.1, 0.15) is 0 Å². The molecule has 0 aliphatic heterocycles. The molecular weight excluding hydrogens is 625 g/mol. The summed E-state index contributed by atoms with van der Waals surface area (Å²) in [6.07, 6.45) is 1.85. The van der Waals surface area contributed by atoms with Crippen molar-refractivity contribution in [3.05, 3.63) is 170 Å². The highest BCUT2D eigenvalue weighted by Crippen LogP contribution is 2.42. The van der Waals surface area contributed by atoms with E-state index in [1.54, 1.807) is 0 Å². The molecular formula is C46H28N4O. The third-order valence-corrected chi connectivity index (χ3v) is 9.57. The van der Waals surface area contributed by atoms with Crippen molar-refractivity contribution in [2.24, 2.45) is 0 Å². The van der Waals surface area contributed by atoms with Crippen LogP contribution in [0.15, 0.2) is 174 Å². The van der Waals surface area contributed by atoms with Crippen LogP contribution >= 0.6 is 0 Å². The minimum atomic E-state index is 0.542. The van der Waals surface area contributed by atoms with Gasteiger partial charge in [-0.2, -0.15) is 0 Å². The lowest BCUT2D eigenvalue weighted by molar-refractivity contribution is 0.669. The van der Waals surface area contributed by atoms with Gasteiger partial charge in [-0.1, -0.05) is 133 Å². The van der Waals surface area contributed by atoms with Gasteiger partial charge in [-0.15, -0.1) is 0 Å². The molecule has 5 heteroatoms. The quantitative estimate of drug-likeness (QED) is 0.173. The molecule has 10 aromatic rings. The van der Waals surface area contributed by atoms with Gasteiger partial charge in [-0.05, 0) is 63.4 Å². The van der Waals surface area contributed by atoms with Crippen LogP contribution in [0.4, 0.5) is 0 Å². The number of rotatable bonds is 5. The summed E-state index contributed by atoms with van der Waals surface area (Å²) < 4.78 is 6.63. The summed E-state index contributed by atoms with van der Waals surface area (Å²) in [5.41, 5.74) is 9.50. The van der Waals surface area contributed by atoms with E-state index in [0.717, 1.165) is 82.6 Å². The molecule has 0 radical (unpaired) electrons. The zero-order chi connectivity index (χ0) is 33.7. The van der Waals surface area contributed by atoms with Crippen molar-refractivity contribution < 1.29 is 4.42 Å². The highest BCUT2D eigenvalue weighted by atomic mass is 16.3. The molecule has 0 fully saturated rings. The Hall–Kier alpha value is -6.98. The van der Waals surface area contributed by atoms with E-state index in [4.69, 9.17) is 24.4 Å². The number of nitrogens with zero attached hydrogens (tertiary/aromatic N) is 4. The Kier molecular flexibility index (Phi) is 6.74. The lowest BCUT2D eigenvalue weighted by Gasteiger charge is -2.13. The SMILES string of the molecule is c1ccc(-c2ccc(-c3nc(-c4ccccc4)nc(-c4cc(-c5cc6ncccc6c6ccccc56)cc5c4oc4ccccc45)n3)cc2)cc1. The average Bonchev–Trinajstić information content (AvgIpc) is 3.59. The second kappa shape index (κ2) is 11.9. The van der Waals surface area contributed by atoms with Crippen LogP contribution in [0.5, 0.6) is 0 Å². The molecule has 0 aliphatic rings. The summed E-state index contributed by atoms with van der Waals surface area (Å²) in [7, 11) is 0. The van der Waals surface area contributed by atoms with Crippen LogP contribution in [0.25, 0.3) is 100 Å². The maximum atomic E-state index is 6.63. The summed E-state index contributed by atoms with van der Waals surface area (Å²) in [6, 6.07) is 56.2. The summed E-state index contributed by atoms with van der Waals surface area (Å²) in [6.45, 7) is 0. The third-order valence-electron chi connectivity index (χ3n) is 9.57. The van der Waals surface area contributed by atoms with Crippen molar-refractivity contribution in [3.8, 4) is 56.4 Å². The molecule has 3 heterocycles. The Morgan fingerprint density at radius 2 is 0.922 bits per heavy atom. The minimum absolute atomic E-state index is 0.542. The van der Waals surface area contributed by atoms with Crippen LogP contribution in [0.2, 0.25) is 0 Å². The molecule has 10 rings (SSSR count). The van der Waals surface area contributed by atoms with Crippen LogP contribution in [-0.4, -0.2) is 19.9 Å². The van der Waals surface area contributed by atoms with E-state index >= 15 is 0 Å². The Bertz CT molecular complexity index is 2900. The van der Waals surface area contributed by atoms with E-state index in [1.807, 2.05) is 66.9 Å². The van der Waals surface area contributed by atoms with Gasteiger partial charge in [-0.25, -0.2) is 15.0 Å². The van der Waals surface area contributed by atoms with Gasteiger partial charge in [0.2, 0.25) is 0 Å². The molecule has 0 aliphatic carbocycles. The number of fused-ring (bicyclic) bond motifs is 6. The lowest BCUT2D eigenvalue weighted by atomic mass is 9.93. The van der Waals surface area contributed by atoms with Gasteiger partial charge < -0.3 is 4.42 Å². The summed E-state index contributed by atoms with van der Waals surface area (Å²) in [4.78, 5) is 20.1. The van der Waals surface area contributed by atoms with Gasteiger partial charge in [-0.3, -0.25) is 4.98 Å². The molecule has 0 spiro atoms. The van der Waals surface area contributed by atoms with Crippen LogP contribution < -0.4 is 0 Å². The predicted octanol–water partition coefficient (Wildman–Crippen LogP) is 11.8. The molecule has 0 unspecified atom stereocenters. The van der Waals surface area contributed by atoms with Gasteiger partial charge in [0.05, 0.1) is 11.1 Å². The first kappa shape index (κ1) is 29.0. The Labute approximate surface area is 293 Å². The predicted molar refractivity (Wildman–Crippen MR) is 207 cm³/mol. The molecule has 0 bridgehead atoms. The van der Waals surface area contributed by atoms with E-state index in [2.05, 4.69) is 103 Å². The first-order chi connectivity index (χ1) is 25.3. The normalized spacial score (nSPS) is 11.5. The van der Waals surface area contributed by atoms with Crippen molar-refractivity contribution >= 4 is 43.6 Å². The fraction of sp³-hybridized carbons (Fsp3) is 0. The molecule has 0 saturated heterocycles. The first-order valence-electron chi connectivity index (χ1n) is 17.0. The topological polar surface area (TPSA) is 64.7 Å². The smallest absolute Gasteiger partial charge is 0.167 e. The lowest BCUT2D eigenvalue weighted by Crippen LogP contribution is -2.00. The van der Waals surface area contributed by atoms with Crippen molar-refractivity contribution in [1.29, 1.82) is 0 Å². The first-order valence-corrected chi connectivity index (χ1v) is 17.0. The Morgan fingerprint density at radius 1 is 0.353 bits per heavy atom. The van der Waals surface area contributed by atoms with Crippen molar-refractivity contribution in [3.63, 3.8) is 0 Å². The fourth-order valence-electron chi connectivity index (χ4n) is 7.10. The van der Waals surface area contributed by atoms with Crippen molar-refractivity contribution in [2.45, 2.75) is 0 Å². The van der Waals surface area contributed by atoms with Gasteiger partial charge in [0, 0.05) is 33.5 Å². The fourth-order valence-corrected chi connectivity index (χ4v) is 7.10. The van der Waals surface area contributed by atoms with E-state index in [1.165, 1.54) is 0 Å². The number of furan rings is 1. The minimum Gasteiger partial charge on any atom is -0.455 e. The van der Waals surface area contributed by atoms with Crippen LogP contribution in [0, 0.1) is 0 Å². The third kappa shape index (κ3) is 5.03. The molecule has 0 saturated carbocycles. The number of hydrogen-bond acceptors (Lipinski definition) is 5. The standard InChI is InChI=1S/C46H28N4O/c1-3-12-29(13-4-1)30-21-23-32(24-22-30)45-48-44(31-14-5-2-6-15-31)49-46(50-45)40-27-33(26-39-37-18-9-10-20-42(37)51-43(39)40)38-28-41-36(19-11-25-47-41)34-16-7-8-17-35(34)38/h1-28H. The summed E-state index contributed by atoms with van der Waals surface area (Å²) in [5, 5.41) is 5.46. The van der Waals surface area contributed by atoms with Gasteiger partial charge in [0.25, 0.3) is 0 Å². The molecule has 238 valence electrons. The van der Waals surface area contributed by atoms with E-state index in [0.29, 0.717) is 17.5 Å². The number of hydrogen-bond donors (Lipinski definition) is 0. The van der Waals surface area contributed by atoms with Crippen LogP contribution in [-0.2, 0) is 0 Å². The highest BCUT2D eigenvalue weighted by molar-refractivity contribution is 6.16. The van der Waals surface area contributed by atoms with E-state index < -0.39 is 0 Å². The molecule has 0 amide bonds. The van der Waals surface area contributed by atoms with Crippen LogP contribution in [0.3, 0.4) is 0 Å². The average molecular weight is 653 g/mol. The largest absolute Gasteiger partial charge is 0.455 e. The second-order valence-corrected chi connectivity index (χ2v) is 12.7. The maximum absolute atomic E-state index is 6.63.